The van der Waals surface area contributed by atoms with Gasteiger partial charge in [0.25, 0.3) is 10.7 Å². The Morgan fingerprint density at radius 3 is 2.18 bits per heavy atom. The topological polar surface area (TPSA) is 117 Å². The van der Waals surface area contributed by atoms with Crippen LogP contribution in [0.4, 0.5) is 4.39 Å². The van der Waals surface area contributed by atoms with Gasteiger partial charge in [-0.15, -0.1) is 0 Å². The molecule has 4 atom stereocenters. The van der Waals surface area contributed by atoms with E-state index in [4.69, 9.17) is 25.8 Å². The lowest BCUT2D eigenvalue weighted by Crippen LogP contribution is -2.44. The number of hydrogen-bond donors (Lipinski definition) is 1. The number of carbonyl (C=O) groups is 2. The van der Waals surface area contributed by atoms with E-state index in [0.29, 0.717) is 0 Å². The fourth-order valence-corrected chi connectivity index (χ4v) is 3.77. The van der Waals surface area contributed by atoms with Gasteiger partial charge >= 0.3 is 17.6 Å². The van der Waals surface area contributed by atoms with E-state index in [1.54, 1.807) is 36.4 Å². The molecule has 0 aliphatic carbocycles. The van der Waals surface area contributed by atoms with Crippen LogP contribution in [0.25, 0.3) is 0 Å². The monoisotopic (exact) mass is 488 g/mol. The molecule has 0 bridgehead atoms. The fraction of sp³-hybridized carbons (Fsp3) is 0.217. The van der Waals surface area contributed by atoms with Crippen molar-refractivity contribution in [2.24, 2.45) is 0 Å². The standard InChI is InChI=1S/C23H18ClFN2O7/c24-23(25)18(34-20(30)15-9-5-2-6-10-15)16(13-32-19(29)14-7-3-1-4-8-14)33-21(23)27-12-11-17(28)26-22(27)31/h1-12,16,18,21H,13H2,(H,26,28,31)/t16-,18-,21?,23-/m1/s1. The zero-order chi connectivity index (χ0) is 24.3. The van der Waals surface area contributed by atoms with E-state index in [1.165, 1.54) is 24.3 Å². The summed E-state index contributed by atoms with van der Waals surface area (Å²) in [6, 6.07) is 16.8. The molecular weight excluding hydrogens is 471 g/mol. The summed E-state index contributed by atoms with van der Waals surface area (Å²) in [5, 5.41) is -2.95. The Labute approximate surface area is 196 Å². The molecule has 11 heteroatoms. The van der Waals surface area contributed by atoms with Gasteiger partial charge in [-0.25, -0.2) is 18.8 Å². The first kappa shape index (κ1) is 23.4. The first-order valence-corrected chi connectivity index (χ1v) is 10.5. The van der Waals surface area contributed by atoms with Crippen LogP contribution in [0.15, 0.2) is 82.5 Å². The summed E-state index contributed by atoms with van der Waals surface area (Å²) in [6.07, 6.45) is -3.94. The summed E-state index contributed by atoms with van der Waals surface area (Å²) in [4.78, 5) is 50.6. The number of alkyl halides is 2. The van der Waals surface area contributed by atoms with Gasteiger partial charge < -0.3 is 14.2 Å². The van der Waals surface area contributed by atoms with Gasteiger partial charge in [0.05, 0.1) is 11.1 Å². The third kappa shape index (κ3) is 4.78. The third-order valence-corrected chi connectivity index (χ3v) is 5.49. The highest BCUT2D eigenvalue weighted by Crippen LogP contribution is 2.46. The summed E-state index contributed by atoms with van der Waals surface area (Å²) in [7, 11) is 0. The number of nitrogens with one attached hydrogen (secondary N) is 1. The first-order chi connectivity index (χ1) is 16.3. The van der Waals surface area contributed by atoms with Crippen LogP contribution in [0.5, 0.6) is 0 Å². The molecule has 1 unspecified atom stereocenters. The van der Waals surface area contributed by atoms with Gasteiger partial charge in [0.1, 0.15) is 12.7 Å². The van der Waals surface area contributed by atoms with Gasteiger partial charge in [0.2, 0.25) is 0 Å². The summed E-state index contributed by atoms with van der Waals surface area (Å²) in [5.41, 5.74) is -1.34. The molecule has 3 aromatic rings. The number of ether oxygens (including phenoxy) is 3. The Hall–Kier alpha value is -3.76. The molecule has 2 aromatic carbocycles. The average Bonchev–Trinajstić information content (AvgIpc) is 3.08. The highest BCUT2D eigenvalue weighted by Gasteiger charge is 2.61. The molecule has 1 aliphatic heterocycles. The van der Waals surface area contributed by atoms with Crippen LogP contribution in [0.1, 0.15) is 26.9 Å². The molecule has 0 radical (unpaired) electrons. The minimum atomic E-state index is -2.95. The molecule has 1 fully saturated rings. The number of aromatic amines is 1. The van der Waals surface area contributed by atoms with Crippen LogP contribution in [-0.4, -0.2) is 45.4 Å². The molecule has 4 rings (SSSR count). The van der Waals surface area contributed by atoms with Gasteiger partial charge in [-0.05, 0) is 24.3 Å². The van der Waals surface area contributed by atoms with E-state index in [-0.39, 0.29) is 11.1 Å². The largest absolute Gasteiger partial charge is 0.459 e. The van der Waals surface area contributed by atoms with E-state index in [2.05, 4.69) is 0 Å². The molecule has 176 valence electrons. The molecule has 34 heavy (non-hydrogen) atoms. The van der Waals surface area contributed by atoms with Crippen LogP contribution in [-0.2, 0) is 14.2 Å². The zero-order valence-corrected chi connectivity index (χ0v) is 18.2. The molecule has 2 heterocycles. The number of aromatic nitrogens is 2. The highest BCUT2D eigenvalue weighted by molar-refractivity contribution is 6.23. The van der Waals surface area contributed by atoms with Crippen molar-refractivity contribution in [3.8, 4) is 0 Å². The van der Waals surface area contributed by atoms with Crippen LogP contribution >= 0.6 is 11.6 Å². The van der Waals surface area contributed by atoms with E-state index >= 15 is 4.39 Å². The number of rotatable bonds is 6. The minimum absolute atomic E-state index is 0.125. The number of nitrogens with zero attached hydrogens (tertiary/aromatic N) is 1. The lowest BCUT2D eigenvalue weighted by atomic mass is 10.1. The van der Waals surface area contributed by atoms with E-state index in [1.807, 2.05) is 4.98 Å². The van der Waals surface area contributed by atoms with Crippen molar-refractivity contribution >= 4 is 23.5 Å². The van der Waals surface area contributed by atoms with Gasteiger partial charge in [0, 0.05) is 12.3 Å². The third-order valence-electron chi connectivity index (χ3n) is 5.09. The summed E-state index contributed by atoms with van der Waals surface area (Å²) >= 11 is 6.14. The molecule has 9 nitrogen and oxygen atoms in total. The number of hydrogen-bond acceptors (Lipinski definition) is 7. The zero-order valence-electron chi connectivity index (χ0n) is 17.4. The highest BCUT2D eigenvalue weighted by atomic mass is 35.5. The Kier molecular flexibility index (Phi) is 6.62. The summed E-state index contributed by atoms with van der Waals surface area (Å²) < 4.78 is 32.7. The number of benzene rings is 2. The Morgan fingerprint density at radius 1 is 1.00 bits per heavy atom. The van der Waals surface area contributed by atoms with Gasteiger partial charge in [-0.1, -0.05) is 48.0 Å². The predicted molar refractivity (Wildman–Crippen MR) is 117 cm³/mol. The van der Waals surface area contributed by atoms with Crippen LogP contribution < -0.4 is 11.2 Å². The molecule has 0 spiro atoms. The second kappa shape index (κ2) is 9.62. The SMILES string of the molecule is O=C(OC[C@H]1OC(n2ccc(=O)[nH]c2=O)[C@@](F)(Cl)[C@@H]1OC(=O)c1ccccc1)c1ccccc1. The van der Waals surface area contributed by atoms with Gasteiger partial charge in [-0.2, -0.15) is 0 Å². The van der Waals surface area contributed by atoms with E-state index in [9.17, 15) is 19.2 Å². The Bertz CT molecular complexity index is 1290. The van der Waals surface area contributed by atoms with Crippen LogP contribution in [0.3, 0.4) is 0 Å². The number of halogens is 2. The smallest absolute Gasteiger partial charge is 0.338 e. The van der Waals surface area contributed by atoms with Crippen molar-refractivity contribution in [1.29, 1.82) is 0 Å². The Morgan fingerprint density at radius 2 is 1.59 bits per heavy atom. The summed E-state index contributed by atoms with van der Waals surface area (Å²) in [6.45, 7) is -0.534. The normalized spacial score (nSPS) is 23.9. The lowest BCUT2D eigenvalue weighted by molar-refractivity contribution is -0.0601. The van der Waals surface area contributed by atoms with Crippen molar-refractivity contribution < 1.29 is 28.2 Å². The van der Waals surface area contributed by atoms with Gasteiger partial charge in [0.15, 0.2) is 12.3 Å². The summed E-state index contributed by atoms with van der Waals surface area (Å²) in [5.74, 6) is -1.62. The first-order valence-electron chi connectivity index (χ1n) is 10.1. The minimum Gasteiger partial charge on any atom is -0.459 e. The fourth-order valence-electron chi connectivity index (χ4n) is 3.43. The predicted octanol–water partition coefficient (Wildman–Crippen LogP) is 2.42. The van der Waals surface area contributed by atoms with Crippen molar-refractivity contribution in [3.05, 3.63) is 105 Å². The molecule has 0 amide bonds. The van der Waals surface area contributed by atoms with E-state index in [0.717, 1.165) is 16.8 Å². The second-order valence-electron chi connectivity index (χ2n) is 7.38. The van der Waals surface area contributed by atoms with Crippen LogP contribution in [0.2, 0.25) is 0 Å². The molecule has 1 N–H and O–H groups in total. The molecule has 0 saturated carbocycles. The maximum Gasteiger partial charge on any atom is 0.338 e. The van der Waals surface area contributed by atoms with Crippen molar-refractivity contribution in [3.63, 3.8) is 0 Å². The maximum atomic E-state index is 15.9. The molecule has 1 aromatic heterocycles. The van der Waals surface area contributed by atoms with Crippen molar-refractivity contribution in [2.45, 2.75) is 23.6 Å². The number of esters is 2. The van der Waals surface area contributed by atoms with Crippen molar-refractivity contribution in [2.75, 3.05) is 6.61 Å². The van der Waals surface area contributed by atoms with Crippen molar-refractivity contribution in [1.82, 2.24) is 9.55 Å². The number of H-pyrrole nitrogens is 1. The average molecular weight is 489 g/mol. The molecular formula is C23H18ClFN2O7. The number of carbonyl (C=O) groups excluding carboxylic acids is 2. The maximum absolute atomic E-state index is 15.9. The molecule has 1 saturated heterocycles. The molecule has 1 aliphatic rings. The lowest BCUT2D eigenvalue weighted by Gasteiger charge is -2.25. The van der Waals surface area contributed by atoms with Crippen LogP contribution in [0, 0.1) is 0 Å². The Balaban J connectivity index is 1.62. The quantitative estimate of drug-likeness (QED) is 0.418. The second-order valence-corrected chi connectivity index (χ2v) is 7.95. The van der Waals surface area contributed by atoms with Gasteiger partial charge in [-0.3, -0.25) is 14.3 Å². The van der Waals surface area contributed by atoms with E-state index < -0.39 is 53.4 Å².